The Morgan fingerprint density at radius 2 is 1.89 bits per heavy atom. The Balaban J connectivity index is 2.47. The number of rotatable bonds is 5. The largest absolute Gasteiger partial charge is 0.459 e. The van der Waals surface area contributed by atoms with Gasteiger partial charge >= 0.3 is 5.97 Å². The molecule has 1 rings (SSSR count). The summed E-state index contributed by atoms with van der Waals surface area (Å²) >= 11 is 0. The van der Waals surface area contributed by atoms with E-state index in [0.29, 0.717) is 6.42 Å². The van der Waals surface area contributed by atoms with Gasteiger partial charge in [0.25, 0.3) is 0 Å². The number of hydrogen-bond acceptors (Lipinski definition) is 4. The molecule has 0 bridgehead atoms. The summed E-state index contributed by atoms with van der Waals surface area (Å²) in [6, 6.07) is 0. The Morgan fingerprint density at radius 3 is 2.39 bits per heavy atom. The molecule has 0 aromatic heterocycles. The zero-order valence-electron chi connectivity index (χ0n) is 11.8. The van der Waals surface area contributed by atoms with Gasteiger partial charge in [-0.1, -0.05) is 19.3 Å². The van der Waals surface area contributed by atoms with E-state index in [9.17, 15) is 9.59 Å². The highest BCUT2D eigenvalue weighted by atomic mass is 16.6. The summed E-state index contributed by atoms with van der Waals surface area (Å²) in [6.07, 6.45) is 6.82. The fourth-order valence-electron chi connectivity index (χ4n) is 2.48. The topological polar surface area (TPSA) is 55.4 Å². The molecule has 0 amide bonds. The lowest BCUT2D eigenvalue weighted by Crippen LogP contribution is -2.49. The van der Waals surface area contributed by atoms with Gasteiger partial charge in [0.2, 0.25) is 0 Å². The Morgan fingerprint density at radius 1 is 1.28 bits per heavy atom. The first-order chi connectivity index (χ1) is 8.37. The molecule has 1 N–H and O–H groups in total. The Labute approximate surface area is 109 Å². The third-order valence-corrected chi connectivity index (χ3v) is 3.31. The number of esters is 1. The van der Waals surface area contributed by atoms with E-state index >= 15 is 0 Å². The van der Waals surface area contributed by atoms with Crippen molar-refractivity contribution in [1.82, 2.24) is 5.32 Å². The average molecular weight is 255 g/mol. The maximum atomic E-state index is 11.7. The molecule has 0 aliphatic heterocycles. The van der Waals surface area contributed by atoms with E-state index < -0.39 is 5.60 Å². The SMILES string of the molecule is CC(C)(C)OC(=O)CNC1(CC=O)CCCCC1. The van der Waals surface area contributed by atoms with Crippen LogP contribution >= 0.6 is 0 Å². The highest BCUT2D eigenvalue weighted by Gasteiger charge is 2.32. The van der Waals surface area contributed by atoms with Crippen LogP contribution in [-0.4, -0.2) is 29.9 Å². The van der Waals surface area contributed by atoms with Gasteiger partial charge < -0.3 is 14.8 Å². The van der Waals surface area contributed by atoms with Crippen molar-refractivity contribution in [1.29, 1.82) is 0 Å². The van der Waals surface area contributed by atoms with Gasteiger partial charge in [-0.2, -0.15) is 0 Å². The summed E-state index contributed by atoms with van der Waals surface area (Å²) < 4.78 is 5.26. The summed E-state index contributed by atoms with van der Waals surface area (Å²) in [5, 5.41) is 3.25. The van der Waals surface area contributed by atoms with E-state index in [1.165, 1.54) is 6.42 Å². The van der Waals surface area contributed by atoms with Crippen molar-refractivity contribution in [2.75, 3.05) is 6.54 Å². The minimum atomic E-state index is -0.455. The molecule has 104 valence electrons. The summed E-state index contributed by atoms with van der Waals surface area (Å²) in [7, 11) is 0. The maximum Gasteiger partial charge on any atom is 0.320 e. The van der Waals surface area contributed by atoms with Crippen molar-refractivity contribution in [2.45, 2.75) is 70.4 Å². The van der Waals surface area contributed by atoms with Gasteiger partial charge in [0.05, 0.1) is 6.54 Å². The van der Waals surface area contributed by atoms with Gasteiger partial charge in [-0.05, 0) is 33.6 Å². The van der Waals surface area contributed by atoms with Gasteiger partial charge in [0.15, 0.2) is 0 Å². The van der Waals surface area contributed by atoms with E-state index in [1.54, 1.807) is 0 Å². The van der Waals surface area contributed by atoms with Crippen LogP contribution in [0.3, 0.4) is 0 Å². The van der Waals surface area contributed by atoms with Gasteiger partial charge in [-0.25, -0.2) is 0 Å². The van der Waals surface area contributed by atoms with Crippen molar-refractivity contribution < 1.29 is 14.3 Å². The third-order valence-electron chi connectivity index (χ3n) is 3.31. The molecular weight excluding hydrogens is 230 g/mol. The first-order valence-electron chi connectivity index (χ1n) is 6.77. The summed E-state index contributed by atoms with van der Waals surface area (Å²) in [6.45, 7) is 5.75. The molecule has 0 unspecified atom stereocenters. The van der Waals surface area contributed by atoms with Crippen molar-refractivity contribution in [2.24, 2.45) is 0 Å². The maximum absolute atomic E-state index is 11.7. The molecule has 1 aliphatic carbocycles. The number of ether oxygens (including phenoxy) is 1. The third kappa shape index (κ3) is 5.17. The molecule has 1 aliphatic rings. The average Bonchev–Trinajstić information content (AvgIpc) is 2.26. The van der Waals surface area contributed by atoms with Crippen molar-refractivity contribution in [3.63, 3.8) is 0 Å². The van der Waals surface area contributed by atoms with Crippen LogP contribution in [0.5, 0.6) is 0 Å². The molecule has 0 aromatic rings. The van der Waals surface area contributed by atoms with Gasteiger partial charge in [0, 0.05) is 12.0 Å². The Bertz CT molecular complexity index is 288. The van der Waals surface area contributed by atoms with E-state index in [1.807, 2.05) is 20.8 Å². The second kappa shape index (κ2) is 6.32. The van der Waals surface area contributed by atoms with E-state index in [2.05, 4.69) is 5.32 Å². The van der Waals surface area contributed by atoms with E-state index in [0.717, 1.165) is 32.0 Å². The number of carbonyl (C=O) groups excluding carboxylic acids is 2. The Hall–Kier alpha value is -0.900. The van der Waals surface area contributed by atoms with Crippen LogP contribution < -0.4 is 5.32 Å². The lowest BCUT2D eigenvalue weighted by atomic mass is 9.79. The first-order valence-corrected chi connectivity index (χ1v) is 6.77. The Kier molecular flexibility index (Phi) is 5.32. The second-order valence-corrected chi connectivity index (χ2v) is 6.15. The molecule has 18 heavy (non-hydrogen) atoms. The second-order valence-electron chi connectivity index (χ2n) is 6.15. The minimum Gasteiger partial charge on any atom is -0.459 e. The number of aldehydes is 1. The van der Waals surface area contributed by atoms with Crippen LogP contribution in [0.15, 0.2) is 0 Å². The fourth-order valence-corrected chi connectivity index (χ4v) is 2.48. The molecule has 0 atom stereocenters. The number of carbonyl (C=O) groups is 2. The van der Waals surface area contributed by atoms with Crippen LogP contribution in [-0.2, 0) is 14.3 Å². The number of hydrogen-bond donors (Lipinski definition) is 1. The van der Waals surface area contributed by atoms with Crippen LogP contribution in [0.1, 0.15) is 59.3 Å². The molecule has 1 fully saturated rings. The number of nitrogens with one attached hydrogen (secondary N) is 1. The van der Waals surface area contributed by atoms with Crippen molar-refractivity contribution in [3.8, 4) is 0 Å². The molecule has 0 aromatic carbocycles. The van der Waals surface area contributed by atoms with E-state index in [4.69, 9.17) is 4.74 Å². The summed E-state index contributed by atoms with van der Waals surface area (Å²) in [5.74, 6) is -0.252. The minimum absolute atomic E-state index is 0.184. The lowest BCUT2D eigenvalue weighted by molar-refractivity contribution is -0.154. The predicted octanol–water partition coefficient (Wildman–Crippen LogP) is 2.21. The normalized spacial score (nSPS) is 19.3. The smallest absolute Gasteiger partial charge is 0.320 e. The van der Waals surface area contributed by atoms with Crippen LogP contribution in [0.25, 0.3) is 0 Å². The summed E-state index contributed by atoms with van der Waals surface area (Å²) in [5.41, 5.74) is -0.639. The summed E-state index contributed by atoms with van der Waals surface area (Å²) in [4.78, 5) is 22.5. The fraction of sp³-hybridized carbons (Fsp3) is 0.857. The van der Waals surface area contributed by atoms with Gasteiger partial charge in [-0.3, -0.25) is 4.79 Å². The first kappa shape index (κ1) is 15.2. The molecule has 0 heterocycles. The van der Waals surface area contributed by atoms with Crippen LogP contribution in [0.4, 0.5) is 0 Å². The molecule has 4 heteroatoms. The molecule has 0 saturated heterocycles. The molecule has 4 nitrogen and oxygen atoms in total. The monoisotopic (exact) mass is 255 g/mol. The molecular formula is C14H25NO3. The standard InChI is InChI=1S/C14H25NO3/c1-13(2,3)18-12(17)11-15-14(9-10-16)7-5-4-6-8-14/h10,15H,4-9,11H2,1-3H3. The molecule has 0 radical (unpaired) electrons. The van der Waals surface area contributed by atoms with Gasteiger partial charge in [0.1, 0.15) is 11.9 Å². The highest BCUT2D eigenvalue weighted by molar-refractivity contribution is 5.72. The van der Waals surface area contributed by atoms with Crippen molar-refractivity contribution >= 4 is 12.3 Å². The zero-order valence-corrected chi connectivity index (χ0v) is 11.8. The van der Waals surface area contributed by atoms with E-state index in [-0.39, 0.29) is 18.1 Å². The molecule has 1 saturated carbocycles. The predicted molar refractivity (Wildman–Crippen MR) is 70.3 cm³/mol. The zero-order chi connectivity index (χ0) is 13.6. The van der Waals surface area contributed by atoms with Crippen LogP contribution in [0, 0.1) is 0 Å². The lowest BCUT2D eigenvalue weighted by Gasteiger charge is -2.37. The van der Waals surface area contributed by atoms with Gasteiger partial charge in [-0.15, -0.1) is 0 Å². The highest BCUT2D eigenvalue weighted by Crippen LogP contribution is 2.30. The molecule has 0 spiro atoms. The quantitative estimate of drug-likeness (QED) is 0.604. The van der Waals surface area contributed by atoms with Crippen molar-refractivity contribution in [3.05, 3.63) is 0 Å². The van der Waals surface area contributed by atoms with Crippen LogP contribution in [0.2, 0.25) is 0 Å².